The summed E-state index contributed by atoms with van der Waals surface area (Å²) in [6, 6.07) is 0. The molecule has 4 atom stereocenters. The number of unbranched alkanes of at least 4 members (excludes halogenated alkanes) is 9. The van der Waals surface area contributed by atoms with Crippen molar-refractivity contribution in [2.75, 3.05) is 19.8 Å². The minimum absolute atomic E-state index is 0.0432. The third-order valence-corrected chi connectivity index (χ3v) is 4.82. The fourth-order valence-corrected chi connectivity index (χ4v) is 3.20. The quantitative estimate of drug-likeness (QED) is 0.329. The summed E-state index contributed by atoms with van der Waals surface area (Å²) in [6.45, 7) is 2.44. The van der Waals surface area contributed by atoms with E-state index < -0.39 is 24.4 Å². The minimum atomic E-state index is -0.987. The van der Waals surface area contributed by atoms with Gasteiger partial charge < -0.3 is 24.8 Å². The fourth-order valence-electron chi connectivity index (χ4n) is 3.20. The highest BCUT2D eigenvalue weighted by atomic mass is 16.6. The Labute approximate surface area is 153 Å². The molecule has 3 N–H and O–H groups in total. The van der Waals surface area contributed by atoms with Gasteiger partial charge in [0, 0.05) is 6.61 Å². The molecule has 0 unspecified atom stereocenters. The zero-order chi connectivity index (χ0) is 18.3. The summed E-state index contributed by atoms with van der Waals surface area (Å²) in [5, 5.41) is 28.9. The van der Waals surface area contributed by atoms with Crippen molar-refractivity contribution in [1.82, 2.24) is 0 Å². The Balaban J connectivity index is 1.94. The Bertz CT molecular complexity index is 332. The molecule has 25 heavy (non-hydrogen) atoms. The van der Waals surface area contributed by atoms with Gasteiger partial charge >= 0.3 is 0 Å². The maximum atomic E-state index is 9.96. The zero-order valence-electron chi connectivity index (χ0n) is 15.8. The summed E-state index contributed by atoms with van der Waals surface area (Å²) < 4.78 is 11.0. The van der Waals surface area contributed by atoms with E-state index in [2.05, 4.69) is 19.1 Å². The normalized spacial score (nSPS) is 27.2. The van der Waals surface area contributed by atoms with Gasteiger partial charge in [0.25, 0.3) is 0 Å². The van der Waals surface area contributed by atoms with Crippen molar-refractivity contribution in [3.8, 4) is 0 Å². The smallest absolute Gasteiger partial charge is 0.114 e. The molecule has 1 saturated heterocycles. The predicted molar refractivity (Wildman–Crippen MR) is 99.6 cm³/mol. The van der Waals surface area contributed by atoms with E-state index in [1.807, 2.05) is 0 Å². The third kappa shape index (κ3) is 9.71. The average molecular weight is 359 g/mol. The van der Waals surface area contributed by atoms with E-state index in [1.165, 1.54) is 51.4 Å². The highest BCUT2D eigenvalue weighted by molar-refractivity contribution is 4.87. The van der Waals surface area contributed by atoms with Crippen LogP contribution < -0.4 is 0 Å². The van der Waals surface area contributed by atoms with Gasteiger partial charge in [0.15, 0.2) is 0 Å². The number of aliphatic hydroxyl groups excluding tert-OH is 3. The fraction of sp³-hybridized carbons (Fsp3) is 0.900. The van der Waals surface area contributed by atoms with E-state index >= 15 is 0 Å². The number of hydrogen-bond acceptors (Lipinski definition) is 5. The van der Waals surface area contributed by atoms with Gasteiger partial charge in [-0.3, -0.25) is 0 Å². The van der Waals surface area contributed by atoms with Crippen LogP contribution in [0.15, 0.2) is 12.2 Å². The Morgan fingerprint density at radius 1 is 0.960 bits per heavy atom. The molecule has 0 aromatic heterocycles. The van der Waals surface area contributed by atoms with Gasteiger partial charge in [0.1, 0.15) is 24.4 Å². The molecule has 1 fully saturated rings. The van der Waals surface area contributed by atoms with Gasteiger partial charge in [0.05, 0.1) is 13.2 Å². The molecule has 0 radical (unpaired) electrons. The van der Waals surface area contributed by atoms with Gasteiger partial charge in [-0.2, -0.15) is 0 Å². The second-order valence-corrected chi connectivity index (χ2v) is 6.99. The SMILES string of the molecule is C/C=C/CCCCCCCCCCCO[C@H]1[C@H](O)[C@@H](O)CO[C@@H]1CO. The van der Waals surface area contributed by atoms with E-state index in [0.717, 1.165) is 12.8 Å². The lowest BCUT2D eigenvalue weighted by molar-refractivity contribution is -0.211. The molecule has 1 aliphatic rings. The highest BCUT2D eigenvalue weighted by Gasteiger charge is 2.39. The Kier molecular flexibility index (Phi) is 13.3. The zero-order valence-corrected chi connectivity index (χ0v) is 15.8. The number of ether oxygens (including phenoxy) is 2. The molecule has 0 aromatic carbocycles. The molecular weight excluding hydrogens is 320 g/mol. The van der Waals surface area contributed by atoms with Crippen LogP contribution >= 0.6 is 0 Å². The Morgan fingerprint density at radius 2 is 1.56 bits per heavy atom. The third-order valence-electron chi connectivity index (χ3n) is 4.82. The van der Waals surface area contributed by atoms with Gasteiger partial charge in [-0.15, -0.1) is 0 Å². The van der Waals surface area contributed by atoms with E-state index in [-0.39, 0.29) is 13.2 Å². The van der Waals surface area contributed by atoms with Crippen LogP contribution in [0.3, 0.4) is 0 Å². The Hall–Kier alpha value is -0.460. The molecule has 148 valence electrons. The molecule has 0 aliphatic carbocycles. The average Bonchev–Trinajstić information content (AvgIpc) is 2.62. The number of allylic oxidation sites excluding steroid dienone is 2. The lowest BCUT2D eigenvalue weighted by Crippen LogP contribution is -2.55. The van der Waals surface area contributed by atoms with Gasteiger partial charge in [-0.05, 0) is 26.2 Å². The monoisotopic (exact) mass is 358 g/mol. The van der Waals surface area contributed by atoms with Crippen LogP contribution in [0.25, 0.3) is 0 Å². The van der Waals surface area contributed by atoms with E-state index in [9.17, 15) is 15.3 Å². The van der Waals surface area contributed by atoms with Crippen LogP contribution in [0.1, 0.15) is 71.1 Å². The van der Waals surface area contributed by atoms with Crippen molar-refractivity contribution in [3.63, 3.8) is 0 Å². The lowest BCUT2D eigenvalue weighted by Gasteiger charge is -2.37. The molecule has 0 amide bonds. The van der Waals surface area contributed by atoms with Gasteiger partial charge in [-0.1, -0.05) is 57.1 Å². The second kappa shape index (κ2) is 14.7. The van der Waals surface area contributed by atoms with Crippen molar-refractivity contribution in [3.05, 3.63) is 12.2 Å². The van der Waals surface area contributed by atoms with E-state index in [4.69, 9.17) is 9.47 Å². The molecule has 0 saturated carbocycles. The summed E-state index contributed by atoms with van der Waals surface area (Å²) in [7, 11) is 0. The van der Waals surface area contributed by atoms with Crippen molar-refractivity contribution in [2.24, 2.45) is 0 Å². The highest BCUT2D eigenvalue weighted by Crippen LogP contribution is 2.19. The van der Waals surface area contributed by atoms with Crippen molar-refractivity contribution < 1.29 is 24.8 Å². The molecule has 1 aliphatic heterocycles. The summed E-state index contributed by atoms with van der Waals surface area (Å²) in [5.41, 5.74) is 0. The Morgan fingerprint density at radius 3 is 2.16 bits per heavy atom. The molecule has 1 rings (SSSR count). The molecule has 1 heterocycles. The number of hydrogen-bond donors (Lipinski definition) is 3. The lowest BCUT2D eigenvalue weighted by atomic mass is 10.0. The molecule has 5 heteroatoms. The standard InChI is InChI=1S/C20H38O5/c1-2-3-4-5-6-7-8-9-10-11-12-13-14-24-20-18(15-21)25-16-17(22)19(20)23/h2-3,17-23H,4-16H2,1H3/b3-2+/t17-,18+,19+,20+/m0/s1. The molecule has 0 aromatic rings. The van der Waals surface area contributed by atoms with Gasteiger partial charge in [0.2, 0.25) is 0 Å². The first kappa shape index (κ1) is 22.6. The van der Waals surface area contributed by atoms with Crippen molar-refractivity contribution in [1.29, 1.82) is 0 Å². The van der Waals surface area contributed by atoms with Crippen LogP contribution in [0.2, 0.25) is 0 Å². The minimum Gasteiger partial charge on any atom is -0.394 e. The largest absolute Gasteiger partial charge is 0.394 e. The molecule has 0 bridgehead atoms. The van der Waals surface area contributed by atoms with Gasteiger partial charge in [-0.25, -0.2) is 0 Å². The summed E-state index contributed by atoms with van der Waals surface area (Å²) in [6.07, 6.45) is 13.6. The predicted octanol–water partition coefficient (Wildman–Crippen LogP) is 2.96. The molecular formula is C20H38O5. The van der Waals surface area contributed by atoms with Crippen LogP contribution in [-0.2, 0) is 9.47 Å². The maximum Gasteiger partial charge on any atom is 0.114 e. The summed E-state index contributed by atoms with van der Waals surface area (Å²) >= 11 is 0. The summed E-state index contributed by atoms with van der Waals surface area (Å²) in [5.74, 6) is 0. The van der Waals surface area contributed by atoms with E-state index in [1.54, 1.807) is 0 Å². The van der Waals surface area contributed by atoms with Crippen molar-refractivity contribution in [2.45, 2.75) is 95.5 Å². The van der Waals surface area contributed by atoms with Crippen LogP contribution in [-0.4, -0.2) is 59.6 Å². The maximum absolute atomic E-state index is 9.96. The van der Waals surface area contributed by atoms with Crippen LogP contribution in [0.5, 0.6) is 0 Å². The second-order valence-electron chi connectivity index (χ2n) is 6.99. The molecule has 5 nitrogen and oxygen atoms in total. The first-order chi connectivity index (χ1) is 12.2. The molecule has 0 spiro atoms. The van der Waals surface area contributed by atoms with Crippen LogP contribution in [0.4, 0.5) is 0 Å². The first-order valence-corrected chi connectivity index (χ1v) is 10.0. The number of rotatable bonds is 14. The van der Waals surface area contributed by atoms with Crippen molar-refractivity contribution >= 4 is 0 Å². The van der Waals surface area contributed by atoms with Crippen LogP contribution in [0, 0.1) is 0 Å². The summed E-state index contributed by atoms with van der Waals surface area (Å²) in [4.78, 5) is 0. The topological polar surface area (TPSA) is 79.2 Å². The number of aliphatic hydroxyl groups is 3. The first-order valence-electron chi connectivity index (χ1n) is 10.0. The van der Waals surface area contributed by atoms with E-state index in [0.29, 0.717) is 6.61 Å².